The van der Waals surface area contributed by atoms with Gasteiger partial charge in [0.15, 0.2) is 0 Å². The third-order valence-corrected chi connectivity index (χ3v) is 3.25. The summed E-state index contributed by atoms with van der Waals surface area (Å²) in [4.78, 5) is 13.7. The van der Waals surface area contributed by atoms with Gasteiger partial charge in [0.25, 0.3) is 0 Å². The van der Waals surface area contributed by atoms with Crippen molar-refractivity contribution in [3.8, 4) is 11.8 Å². The van der Waals surface area contributed by atoms with Crippen molar-refractivity contribution in [3.63, 3.8) is 0 Å². The molecule has 0 aliphatic carbocycles. The molecule has 0 unspecified atom stereocenters. The first-order valence-corrected chi connectivity index (χ1v) is 6.92. The zero-order valence-corrected chi connectivity index (χ0v) is 12.4. The summed E-state index contributed by atoms with van der Waals surface area (Å²) in [6, 6.07) is 7.99. The Kier molecular flexibility index (Phi) is 5.00. The van der Waals surface area contributed by atoms with E-state index in [0.29, 0.717) is 17.1 Å². The van der Waals surface area contributed by atoms with Gasteiger partial charge in [-0.2, -0.15) is 15.0 Å². The van der Waals surface area contributed by atoms with Gasteiger partial charge in [0.2, 0.25) is 11.1 Å². The Morgan fingerprint density at radius 2 is 1.80 bits per heavy atom. The van der Waals surface area contributed by atoms with E-state index in [1.54, 1.807) is 7.11 Å². The molecule has 106 valence electrons. The number of benzene rings is 1. The van der Waals surface area contributed by atoms with Crippen LogP contribution in [0.1, 0.15) is 6.92 Å². The molecule has 1 aromatic carbocycles. The molecule has 6 nitrogen and oxygen atoms in total. The summed E-state index contributed by atoms with van der Waals surface area (Å²) in [5.41, 5.74) is 0. The minimum atomic E-state index is 0.298. The van der Waals surface area contributed by atoms with Crippen molar-refractivity contribution in [2.75, 3.05) is 26.1 Å². The zero-order chi connectivity index (χ0) is 14.4. The van der Waals surface area contributed by atoms with Crippen LogP contribution in [0.15, 0.2) is 34.3 Å². The molecule has 1 heterocycles. The minimum absolute atomic E-state index is 0.298. The molecule has 1 N–H and O–H groups in total. The van der Waals surface area contributed by atoms with E-state index in [0.717, 1.165) is 17.2 Å². The lowest BCUT2D eigenvalue weighted by Crippen LogP contribution is -2.05. The molecule has 0 radical (unpaired) electrons. The third kappa shape index (κ3) is 3.74. The number of rotatable bonds is 6. The maximum absolute atomic E-state index is 5.13. The van der Waals surface area contributed by atoms with Gasteiger partial charge in [-0.15, -0.1) is 0 Å². The van der Waals surface area contributed by atoms with E-state index in [9.17, 15) is 0 Å². The fraction of sp³-hybridized carbons (Fsp3) is 0.308. The highest BCUT2D eigenvalue weighted by molar-refractivity contribution is 7.99. The molecule has 0 aliphatic heterocycles. The molecule has 0 bridgehead atoms. The predicted octanol–water partition coefficient (Wildman–Crippen LogP) is 2.47. The van der Waals surface area contributed by atoms with Crippen molar-refractivity contribution < 1.29 is 9.47 Å². The topological polar surface area (TPSA) is 69.2 Å². The first kappa shape index (κ1) is 14.4. The number of hydrogen-bond donors (Lipinski definition) is 1. The Hall–Kier alpha value is -2.02. The highest BCUT2D eigenvalue weighted by atomic mass is 32.2. The Bertz CT molecular complexity index is 563. The molecule has 0 saturated carbocycles. The summed E-state index contributed by atoms with van der Waals surface area (Å²) in [6.45, 7) is 2.71. The molecule has 7 heteroatoms. The summed E-state index contributed by atoms with van der Waals surface area (Å²) in [7, 11) is 3.18. The van der Waals surface area contributed by atoms with Crippen LogP contribution in [-0.2, 0) is 0 Å². The fourth-order valence-electron chi connectivity index (χ4n) is 1.46. The molecule has 2 aromatic rings. The van der Waals surface area contributed by atoms with Gasteiger partial charge in [-0.1, -0.05) is 0 Å². The zero-order valence-electron chi connectivity index (χ0n) is 11.6. The summed E-state index contributed by atoms with van der Waals surface area (Å²) in [5, 5.41) is 3.63. The summed E-state index contributed by atoms with van der Waals surface area (Å²) in [5.74, 6) is 1.33. The molecule has 0 spiro atoms. The lowest BCUT2D eigenvalue weighted by molar-refractivity contribution is 0.373. The second-order valence-corrected chi connectivity index (χ2v) is 4.78. The van der Waals surface area contributed by atoms with Crippen molar-refractivity contribution in [2.24, 2.45) is 0 Å². The van der Waals surface area contributed by atoms with Crippen LogP contribution in [0.25, 0.3) is 0 Å². The van der Waals surface area contributed by atoms with Crippen LogP contribution < -0.4 is 14.8 Å². The lowest BCUT2D eigenvalue weighted by atomic mass is 10.3. The number of nitrogens with one attached hydrogen (secondary N) is 1. The van der Waals surface area contributed by atoms with Gasteiger partial charge >= 0.3 is 6.01 Å². The van der Waals surface area contributed by atoms with Gasteiger partial charge in [0.05, 0.1) is 14.2 Å². The first-order chi connectivity index (χ1) is 9.75. The van der Waals surface area contributed by atoms with Gasteiger partial charge in [-0.3, -0.25) is 0 Å². The van der Waals surface area contributed by atoms with Crippen LogP contribution in [0.5, 0.6) is 11.8 Å². The fourth-order valence-corrected chi connectivity index (χ4v) is 2.20. The van der Waals surface area contributed by atoms with E-state index in [1.807, 2.05) is 31.2 Å². The highest BCUT2D eigenvalue weighted by Crippen LogP contribution is 2.27. The minimum Gasteiger partial charge on any atom is -0.497 e. The number of aromatic nitrogens is 3. The summed E-state index contributed by atoms with van der Waals surface area (Å²) < 4.78 is 10.2. The maximum atomic E-state index is 5.13. The first-order valence-electron chi connectivity index (χ1n) is 6.11. The molecule has 0 saturated heterocycles. The number of hydrogen-bond acceptors (Lipinski definition) is 7. The van der Waals surface area contributed by atoms with Crippen molar-refractivity contribution in [2.45, 2.75) is 17.0 Å². The molecule has 0 fully saturated rings. The van der Waals surface area contributed by atoms with Crippen molar-refractivity contribution >= 4 is 17.7 Å². The number of methoxy groups -OCH3 is 2. The number of ether oxygens (including phenoxy) is 2. The monoisotopic (exact) mass is 292 g/mol. The Morgan fingerprint density at radius 3 is 2.40 bits per heavy atom. The standard InChI is InChI=1S/C13H16N4O2S/c1-4-14-11-15-12(19-3)17-13(16-11)20-10-7-5-9(18-2)6-8-10/h5-8H,4H2,1-3H3,(H,14,15,16,17). The van der Waals surface area contributed by atoms with Gasteiger partial charge in [-0.05, 0) is 43.0 Å². The maximum Gasteiger partial charge on any atom is 0.321 e. The smallest absolute Gasteiger partial charge is 0.321 e. The van der Waals surface area contributed by atoms with Crippen LogP contribution in [0.4, 0.5) is 5.95 Å². The average molecular weight is 292 g/mol. The SMILES string of the molecule is CCNc1nc(OC)nc(Sc2ccc(OC)cc2)n1. The Balaban J connectivity index is 2.20. The quantitative estimate of drug-likeness (QED) is 0.877. The van der Waals surface area contributed by atoms with E-state index in [2.05, 4.69) is 20.3 Å². The molecule has 2 rings (SSSR count). The van der Waals surface area contributed by atoms with Crippen molar-refractivity contribution in [1.82, 2.24) is 15.0 Å². The van der Waals surface area contributed by atoms with Crippen LogP contribution in [-0.4, -0.2) is 35.7 Å². The van der Waals surface area contributed by atoms with Crippen LogP contribution in [0, 0.1) is 0 Å². The van der Waals surface area contributed by atoms with E-state index < -0.39 is 0 Å². The molecular weight excluding hydrogens is 276 g/mol. The van der Waals surface area contributed by atoms with Crippen LogP contribution in [0.3, 0.4) is 0 Å². The second-order valence-electron chi connectivity index (χ2n) is 3.74. The van der Waals surface area contributed by atoms with E-state index in [1.165, 1.54) is 18.9 Å². The van der Waals surface area contributed by atoms with Crippen LogP contribution >= 0.6 is 11.8 Å². The number of anilines is 1. The normalized spacial score (nSPS) is 10.2. The summed E-state index contributed by atoms with van der Waals surface area (Å²) in [6.07, 6.45) is 0. The van der Waals surface area contributed by atoms with E-state index in [4.69, 9.17) is 9.47 Å². The van der Waals surface area contributed by atoms with Crippen molar-refractivity contribution in [1.29, 1.82) is 0 Å². The Morgan fingerprint density at radius 1 is 1.05 bits per heavy atom. The highest BCUT2D eigenvalue weighted by Gasteiger charge is 2.08. The lowest BCUT2D eigenvalue weighted by Gasteiger charge is -2.06. The molecule has 0 atom stereocenters. The van der Waals surface area contributed by atoms with Crippen molar-refractivity contribution in [3.05, 3.63) is 24.3 Å². The van der Waals surface area contributed by atoms with Crippen LogP contribution in [0.2, 0.25) is 0 Å². The molecule has 0 amide bonds. The van der Waals surface area contributed by atoms with Gasteiger partial charge in [0, 0.05) is 11.4 Å². The van der Waals surface area contributed by atoms with E-state index in [-0.39, 0.29) is 0 Å². The van der Waals surface area contributed by atoms with Gasteiger partial charge in [-0.25, -0.2) is 0 Å². The van der Waals surface area contributed by atoms with E-state index >= 15 is 0 Å². The largest absolute Gasteiger partial charge is 0.497 e. The molecule has 0 aliphatic rings. The molecular formula is C13H16N4O2S. The molecule has 20 heavy (non-hydrogen) atoms. The third-order valence-electron chi connectivity index (χ3n) is 2.38. The average Bonchev–Trinajstić information content (AvgIpc) is 2.48. The van der Waals surface area contributed by atoms with Gasteiger partial charge < -0.3 is 14.8 Å². The molecule has 1 aromatic heterocycles. The Labute approximate surface area is 122 Å². The number of nitrogens with zero attached hydrogens (tertiary/aromatic N) is 3. The van der Waals surface area contributed by atoms with Gasteiger partial charge in [0.1, 0.15) is 5.75 Å². The predicted molar refractivity (Wildman–Crippen MR) is 77.7 cm³/mol. The summed E-state index contributed by atoms with van der Waals surface area (Å²) >= 11 is 1.44. The second kappa shape index (κ2) is 6.95.